The van der Waals surface area contributed by atoms with Crippen LogP contribution in [0.2, 0.25) is 0 Å². The number of amides is 1. The van der Waals surface area contributed by atoms with Crippen LogP contribution in [0.25, 0.3) is 0 Å². The highest BCUT2D eigenvalue weighted by molar-refractivity contribution is 7.88. The monoisotopic (exact) mass is 424 g/mol. The Morgan fingerprint density at radius 3 is 2.34 bits per heavy atom. The van der Waals surface area contributed by atoms with Gasteiger partial charge in [-0.05, 0) is 57.0 Å². The molecule has 2 aromatic carbocycles. The predicted molar refractivity (Wildman–Crippen MR) is 105 cm³/mol. The molecule has 2 N–H and O–H groups in total. The molecule has 1 amide bonds. The molecule has 0 atom stereocenters. The molecule has 0 spiro atoms. The number of hydrogen-bond donors (Lipinski definition) is 2. The largest absolute Gasteiger partial charge is 0.491 e. The van der Waals surface area contributed by atoms with E-state index in [2.05, 4.69) is 10.0 Å². The Labute approximate surface area is 168 Å². The Morgan fingerprint density at radius 1 is 1.14 bits per heavy atom. The van der Waals surface area contributed by atoms with Crippen LogP contribution in [0.15, 0.2) is 42.5 Å². The van der Waals surface area contributed by atoms with E-state index in [-0.39, 0.29) is 11.7 Å². The second-order valence-electron chi connectivity index (χ2n) is 7.32. The van der Waals surface area contributed by atoms with Gasteiger partial charge in [0.1, 0.15) is 22.9 Å². The van der Waals surface area contributed by atoms with Gasteiger partial charge in [-0.2, -0.15) is 4.72 Å². The van der Waals surface area contributed by atoms with Crippen LogP contribution >= 0.6 is 0 Å². The average molecular weight is 424 g/mol. The Morgan fingerprint density at radius 2 is 1.79 bits per heavy atom. The molecule has 156 valence electrons. The summed E-state index contributed by atoms with van der Waals surface area (Å²) in [6.45, 7) is 3.80. The standard InChI is InChI=1S/C20H22F2N2O4S/c1-13(2)28-17-7-5-16(6-8-17)23-19(25)20(9-10-20)24-29(26,27)12-14-3-4-15(21)11-18(14)22/h3-8,11,13,24H,9-10,12H2,1-2H3,(H,23,25). The summed E-state index contributed by atoms with van der Waals surface area (Å²) in [5, 5.41) is 2.69. The van der Waals surface area contributed by atoms with Crippen molar-refractivity contribution in [1.82, 2.24) is 4.72 Å². The number of hydrogen-bond acceptors (Lipinski definition) is 4. The van der Waals surface area contributed by atoms with E-state index in [0.29, 0.717) is 30.3 Å². The van der Waals surface area contributed by atoms with Gasteiger partial charge >= 0.3 is 0 Å². The van der Waals surface area contributed by atoms with Crippen LogP contribution in [0.3, 0.4) is 0 Å². The fourth-order valence-electron chi connectivity index (χ4n) is 2.82. The Hall–Kier alpha value is -2.52. The molecule has 1 aliphatic carbocycles. The molecule has 0 unspecified atom stereocenters. The lowest BCUT2D eigenvalue weighted by molar-refractivity contribution is -0.118. The molecule has 0 radical (unpaired) electrons. The summed E-state index contributed by atoms with van der Waals surface area (Å²) in [6, 6.07) is 9.41. The van der Waals surface area contributed by atoms with Gasteiger partial charge in [-0.1, -0.05) is 6.07 Å². The molecular formula is C20H22F2N2O4S. The molecular weight excluding hydrogens is 402 g/mol. The minimum atomic E-state index is -4.02. The molecule has 0 aromatic heterocycles. The fourth-order valence-corrected chi connectivity index (χ4v) is 4.43. The number of benzene rings is 2. The van der Waals surface area contributed by atoms with Crippen LogP contribution < -0.4 is 14.8 Å². The predicted octanol–water partition coefficient (Wildman–Crippen LogP) is 3.34. The van der Waals surface area contributed by atoms with E-state index in [0.717, 1.165) is 12.1 Å². The van der Waals surface area contributed by atoms with Gasteiger partial charge in [-0.15, -0.1) is 0 Å². The molecule has 1 aliphatic rings. The zero-order valence-corrected chi connectivity index (χ0v) is 16.9. The summed E-state index contributed by atoms with van der Waals surface area (Å²) in [6.07, 6.45) is 0.683. The van der Waals surface area contributed by atoms with Crippen molar-refractivity contribution in [2.75, 3.05) is 5.32 Å². The second kappa shape index (κ2) is 8.08. The zero-order chi connectivity index (χ0) is 21.2. The second-order valence-corrected chi connectivity index (χ2v) is 9.05. The zero-order valence-electron chi connectivity index (χ0n) is 16.0. The number of halogens is 2. The first-order valence-electron chi connectivity index (χ1n) is 9.12. The van der Waals surface area contributed by atoms with Crippen LogP contribution in [0.4, 0.5) is 14.5 Å². The average Bonchev–Trinajstić information content (AvgIpc) is 3.39. The van der Waals surface area contributed by atoms with Gasteiger partial charge < -0.3 is 10.1 Å². The lowest BCUT2D eigenvalue weighted by atomic mass is 10.2. The van der Waals surface area contributed by atoms with Crippen LogP contribution in [-0.4, -0.2) is 26.0 Å². The van der Waals surface area contributed by atoms with E-state index in [1.165, 1.54) is 0 Å². The van der Waals surface area contributed by atoms with Gasteiger partial charge in [0.25, 0.3) is 0 Å². The van der Waals surface area contributed by atoms with Gasteiger partial charge in [-0.3, -0.25) is 4.79 Å². The van der Waals surface area contributed by atoms with Gasteiger partial charge in [-0.25, -0.2) is 17.2 Å². The number of sulfonamides is 1. The van der Waals surface area contributed by atoms with Crippen molar-refractivity contribution in [2.45, 2.75) is 44.1 Å². The van der Waals surface area contributed by atoms with E-state index in [1.54, 1.807) is 24.3 Å². The van der Waals surface area contributed by atoms with E-state index in [1.807, 2.05) is 13.8 Å². The summed E-state index contributed by atoms with van der Waals surface area (Å²) >= 11 is 0. The third-order valence-corrected chi connectivity index (χ3v) is 5.77. The number of carbonyl (C=O) groups is 1. The van der Waals surface area contributed by atoms with Crippen molar-refractivity contribution >= 4 is 21.6 Å². The maximum atomic E-state index is 13.8. The SMILES string of the molecule is CC(C)Oc1ccc(NC(=O)C2(NS(=O)(=O)Cc3ccc(F)cc3F)CC2)cc1. The van der Waals surface area contributed by atoms with Crippen LogP contribution in [-0.2, 0) is 20.6 Å². The lowest BCUT2D eigenvalue weighted by Crippen LogP contribution is -2.46. The van der Waals surface area contributed by atoms with E-state index in [4.69, 9.17) is 4.74 Å². The number of ether oxygens (including phenoxy) is 1. The van der Waals surface area contributed by atoms with Crippen molar-refractivity contribution < 1.29 is 26.7 Å². The van der Waals surface area contributed by atoms with Crippen molar-refractivity contribution in [3.8, 4) is 5.75 Å². The first-order valence-corrected chi connectivity index (χ1v) is 10.8. The molecule has 0 aliphatic heterocycles. The Kier molecular flexibility index (Phi) is 5.90. The van der Waals surface area contributed by atoms with Crippen LogP contribution in [0, 0.1) is 11.6 Å². The number of carbonyl (C=O) groups excluding carboxylic acids is 1. The maximum absolute atomic E-state index is 13.8. The number of anilines is 1. The molecule has 6 nitrogen and oxygen atoms in total. The highest BCUT2D eigenvalue weighted by Gasteiger charge is 2.52. The summed E-state index contributed by atoms with van der Waals surface area (Å²) in [5.41, 5.74) is -0.931. The van der Waals surface area contributed by atoms with Crippen molar-refractivity contribution in [1.29, 1.82) is 0 Å². The highest BCUT2D eigenvalue weighted by Crippen LogP contribution is 2.38. The fraction of sp³-hybridized carbons (Fsp3) is 0.350. The normalized spacial score (nSPS) is 15.2. The maximum Gasteiger partial charge on any atom is 0.245 e. The summed E-state index contributed by atoms with van der Waals surface area (Å²) in [5.74, 6) is -2.26. The molecule has 2 aromatic rings. The highest BCUT2D eigenvalue weighted by atomic mass is 32.2. The molecule has 9 heteroatoms. The Balaban J connectivity index is 1.65. The minimum absolute atomic E-state index is 0.0190. The summed E-state index contributed by atoms with van der Waals surface area (Å²) in [4.78, 5) is 12.6. The third-order valence-electron chi connectivity index (χ3n) is 4.38. The minimum Gasteiger partial charge on any atom is -0.491 e. The third kappa shape index (κ3) is 5.51. The van der Waals surface area contributed by atoms with Gasteiger partial charge in [0, 0.05) is 17.3 Å². The van der Waals surface area contributed by atoms with Gasteiger partial charge in [0.2, 0.25) is 15.9 Å². The molecule has 1 fully saturated rings. The van der Waals surface area contributed by atoms with Crippen LogP contribution in [0.1, 0.15) is 32.3 Å². The van der Waals surface area contributed by atoms with E-state index >= 15 is 0 Å². The molecule has 1 saturated carbocycles. The van der Waals surface area contributed by atoms with Gasteiger partial charge in [0.15, 0.2) is 0 Å². The molecule has 3 rings (SSSR count). The molecule has 0 bridgehead atoms. The van der Waals surface area contributed by atoms with Crippen molar-refractivity contribution in [2.24, 2.45) is 0 Å². The van der Waals surface area contributed by atoms with Crippen molar-refractivity contribution in [3.63, 3.8) is 0 Å². The van der Waals surface area contributed by atoms with E-state index < -0.39 is 38.9 Å². The van der Waals surface area contributed by atoms with Crippen LogP contribution in [0.5, 0.6) is 5.75 Å². The number of rotatable bonds is 8. The smallest absolute Gasteiger partial charge is 0.245 e. The Bertz CT molecular complexity index is 1000. The van der Waals surface area contributed by atoms with Gasteiger partial charge in [0.05, 0.1) is 11.9 Å². The topological polar surface area (TPSA) is 84.5 Å². The van der Waals surface area contributed by atoms with E-state index in [9.17, 15) is 22.0 Å². The summed E-state index contributed by atoms with van der Waals surface area (Å²) < 4.78 is 59.5. The first kappa shape index (κ1) is 21.2. The number of nitrogens with one attached hydrogen (secondary N) is 2. The quantitative estimate of drug-likeness (QED) is 0.681. The first-order chi connectivity index (χ1) is 13.6. The lowest BCUT2D eigenvalue weighted by Gasteiger charge is -2.18. The summed E-state index contributed by atoms with van der Waals surface area (Å²) in [7, 11) is -4.02. The molecule has 0 heterocycles. The molecule has 29 heavy (non-hydrogen) atoms. The van der Waals surface area contributed by atoms with Crippen molar-refractivity contribution in [3.05, 3.63) is 59.7 Å². The molecule has 0 saturated heterocycles.